The zero-order valence-corrected chi connectivity index (χ0v) is 12.2. The summed E-state index contributed by atoms with van der Waals surface area (Å²) in [5.74, 6) is 0.704. The Hall–Kier alpha value is -2.04. The molecule has 1 N–H and O–H groups in total. The molecule has 1 aromatic rings. The number of anilines is 1. The molecule has 0 radical (unpaired) electrons. The molecule has 1 aromatic carbocycles. The molecule has 7 nitrogen and oxygen atoms in total. The minimum absolute atomic E-state index is 0.174. The van der Waals surface area contributed by atoms with Crippen molar-refractivity contribution in [2.45, 2.75) is 12.6 Å². The van der Waals surface area contributed by atoms with Gasteiger partial charge >= 0.3 is 6.18 Å². The largest absolute Gasteiger partial charge is 0.416 e. The molecule has 0 saturated heterocycles. The second-order valence-electron chi connectivity index (χ2n) is 4.17. The number of nitro benzene ring substituents is 2. The number of thioether (sulfide) groups is 1. The minimum Gasteiger partial charge on any atom is -0.374 e. The van der Waals surface area contributed by atoms with Crippen LogP contribution in [0.4, 0.5) is 30.2 Å². The first-order chi connectivity index (χ1) is 10.2. The van der Waals surface area contributed by atoms with Crippen molar-refractivity contribution in [3.63, 3.8) is 0 Å². The van der Waals surface area contributed by atoms with Gasteiger partial charge in [0.15, 0.2) is 5.69 Å². The summed E-state index contributed by atoms with van der Waals surface area (Å²) in [6, 6.07) is 0.591. The van der Waals surface area contributed by atoms with Crippen molar-refractivity contribution in [2.75, 3.05) is 23.9 Å². The van der Waals surface area contributed by atoms with Crippen LogP contribution in [-0.4, -0.2) is 28.4 Å². The second-order valence-corrected chi connectivity index (χ2v) is 5.16. The second kappa shape index (κ2) is 7.29. The van der Waals surface area contributed by atoms with Crippen LogP contribution < -0.4 is 5.32 Å². The Bertz CT molecular complexity index is 545. The summed E-state index contributed by atoms with van der Waals surface area (Å²) in [5, 5.41) is 24.4. The Morgan fingerprint density at radius 1 is 1.18 bits per heavy atom. The van der Waals surface area contributed by atoms with Crippen LogP contribution in [0.5, 0.6) is 0 Å². The van der Waals surface area contributed by atoms with Crippen LogP contribution in [0.25, 0.3) is 0 Å². The van der Waals surface area contributed by atoms with Gasteiger partial charge in [-0.2, -0.15) is 24.9 Å². The Balaban J connectivity index is 3.32. The summed E-state index contributed by atoms with van der Waals surface area (Å²) < 4.78 is 38.1. The van der Waals surface area contributed by atoms with Gasteiger partial charge in [-0.3, -0.25) is 20.2 Å². The predicted octanol–water partition coefficient (Wildman–Crippen LogP) is 3.69. The van der Waals surface area contributed by atoms with Crippen molar-refractivity contribution in [1.29, 1.82) is 0 Å². The highest BCUT2D eigenvalue weighted by molar-refractivity contribution is 7.98. The third-order valence-corrected chi connectivity index (χ3v) is 3.34. The number of nitrogens with zero attached hydrogens (tertiary/aromatic N) is 2. The normalized spacial score (nSPS) is 11.3. The summed E-state index contributed by atoms with van der Waals surface area (Å²) in [6.45, 7) is 0.174. The van der Waals surface area contributed by atoms with Gasteiger partial charge in [-0.1, -0.05) is 0 Å². The third kappa shape index (κ3) is 4.48. The first-order valence-corrected chi connectivity index (χ1v) is 7.34. The van der Waals surface area contributed by atoms with Gasteiger partial charge in [-0.25, -0.2) is 0 Å². The summed E-state index contributed by atoms with van der Waals surface area (Å²) in [5.41, 5.74) is -3.87. The fraction of sp³-hybridized carbons (Fsp3) is 0.455. The molecule has 0 aromatic heterocycles. The van der Waals surface area contributed by atoms with Gasteiger partial charge in [0, 0.05) is 18.7 Å². The van der Waals surface area contributed by atoms with Crippen molar-refractivity contribution < 1.29 is 23.0 Å². The molecule has 0 bridgehead atoms. The highest BCUT2D eigenvalue weighted by atomic mass is 32.2. The Kier molecular flexibility index (Phi) is 5.97. The van der Waals surface area contributed by atoms with Gasteiger partial charge in [0.05, 0.1) is 15.4 Å². The highest BCUT2D eigenvalue weighted by Crippen LogP contribution is 2.41. The van der Waals surface area contributed by atoms with E-state index in [-0.39, 0.29) is 6.54 Å². The molecule has 0 atom stereocenters. The average molecular weight is 339 g/mol. The van der Waals surface area contributed by atoms with Crippen LogP contribution in [0.15, 0.2) is 12.1 Å². The smallest absolute Gasteiger partial charge is 0.374 e. The van der Waals surface area contributed by atoms with E-state index in [1.165, 1.54) is 11.8 Å². The topological polar surface area (TPSA) is 98.3 Å². The van der Waals surface area contributed by atoms with E-state index in [0.717, 1.165) is 0 Å². The molecule has 22 heavy (non-hydrogen) atoms. The van der Waals surface area contributed by atoms with E-state index in [0.29, 0.717) is 24.3 Å². The Morgan fingerprint density at radius 2 is 1.68 bits per heavy atom. The summed E-state index contributed by atoms with van der Waals surface area (Å²) in [6.07, 6.45) is -2.52. The number of benzene rings is 1. The quantitative estimate of drug-likeness (QED) is 0.462. The van der Waals surface area contributed by atoms with Crippen molar-refractivity contribution in [2.24, 2.45) is 0 Å². The molecule has 0 unspecified atom stereocenters. The van der Waals surface area contributed by atoms with Crippen LogP contribution in [-0.2, 0) is 6.18 Å². The van der Waals surface area contributed by atoms with Crippen LogP contribution in [0.2, 0.25) is 0 Å². The van der Waals surface area contributed by atoms with Crippen LogP contribution in [0, 0.1) is 20.2 Å². The third-order valence-electron chi connectivity index (χ3n) is 2.64. The number of rotatable bonds is 7. The SMILES string of the molecule is CSCCCNc1c([N+](=O)[O-])cc(C(F)(F)F)cc1[N+](=O)[O-]. The number of alkyl halides is 3. The van der Waals surface area contributed by atoms with Gasteiger partial charge in [0.25, 0.3) is 11.4 Å². The van der Waals surface area contributed by atoms with E-state index in [9.17, 15) is 33.4 Å². The standard InChI is InChI=1S/C11H12F3N3O4S/c1-22-4-2-3-15-10-8(16(18)19)5-7(11(12,13)14)6-9(10)17(20)21/h5-6,15H,2-4H2,1H3. The molecule has 0 fully saturated rings. The number of nitro groups is 2. The lowest BCUT2D eigenvalue weighted by Crippen LogP contribution is -2.11. The zero-order chi connectivity index (χ0) is 16.9. The molecule has 0 heterocycles. The molecule has 0 aliphatic rings. The van der Waals surface area contributed by atoms with Gasteiger partial charge in [0.1, 0.15) is 0 Å². The first kappa shape index (κ1) is 18.0. The van der Waals surface area contributed by atoms with Crippen molar-refractivity contribution in [3.8, 4) is 0 Å². The minimum atomic E-state index is -4.91. The number of hydrogen-bond donors (Lipinski definition) is 1. The predicted molar refractivity (Wildman–Crippen MR) is 76.2 cm³/mol. The molecular weight excluding hydrogens is 327 g/mol. The van der Waals surface area contributed by atoms with Crippen LogP contribution in [0.3, 0.4) is 0 Å². The first-order valence-electron chi connectivity index (χ1n) is 5.95. The van der Waals surface area contributed by atoms with Crippen LogP contribution in [0.1, 0.15) is 12.0 Å². The maximum atomic E-state index is 12.7. The van der Waals surface area contributed by atoms with Crippen molar-refractivity contribution in [1.82, 2.24) is 0 Å². The van der Waals surface area contributed by atoms with E-state index < -0.39 is 38.6 Å². The molecule has 11 heteroatoms. The maximum absolute atomic E-state index is 12.7. The van der Waals surface area contributed by atoms with Gasteiger partial charge in [-0.15, -0.1) is 0 Å². The van der Waals surface area contributed by atoms with Crippen LogP contribution >= 0.6 is 11.8 Å². The average Bonchev–Trinajstić information content (AvgIpc) is 2.41. The molecule has 0 saturated carbocycles. The van der Waals surface area contributed by atoms with E-state index in [4.69, 9.17) is 0 Å². The molecule has 122 valence electrons. The number of hydrogen-bond acceptors (Lipinski definition) is 6. The zero-order valence-electron chi connectivity index (χ0n) is 11.3. The Morgan fingerprint density at radius 3 is 2.05 bits per heavy atom. The molecule has 0 aliphatic heterocycles. The monoisotopic (exact) mass is 339 g/mol. The molecule has 1 rings (SSSR count). The van der Waals surface area contributed by atoms with Gasteiger partial charge in [0.2, 0.25) is 0 Å². The summed E-state index contributed by atoms with van der Waals surface area (Å²) >= 11 is 1.51. The fourth-order valence-electron chi connectivity index (χ4n) is 1.67. The lowest BCUT2D eigenvalue weighted by molar-refractivity contribution is -0.392. The summed E-state index contributed by atoms with van der Waals surface area (Å²) in [4.78, 5) is 19.7. The van der Waals surface area contributed by atoms with E-state index in [2.05, 4.69) is 5.32 Å². The number of nitrogens with one attached hydrogen (secondary N) is 1. The highest BCUT2D eigenvalue weighted by Gasteiger charge is 2.37. The lowest BCUT2D eigenvalue weighted by Gasteiger charge is -2.11. The van der Waals surface area contributed by atoms with E-state index >= 15 is 0 Å². The maximum Gasteiger partial charge on any atom is 0.416 e. The van der Waals surface area contributed by atoms with Gasteiger partial charge < -0.3 is 5.32 Å². The van der Waals surface area contributed by atoms with Crippen molar-refractivity contribution >= 4 is 28.8 Å². The molecule has 0 amide bonds. The van der Waals surface area contributed by atoms with Gasteiger partial charge in [-0.05, 0) is 18.4 Å². The van der Waals surface area contributed by atoms with E-state index in [1.54, 1.807) is 0 Å². The summed E-state index contributed by atoms with van der Waals surface area (Å²) in [7, 11) is 0. The lowest BCUT2D eigenvalue weighted by atomic mass is 10.1. The number of halogens is 3. The fourth-order valence-corrected chi connectivity index (χ4v) is 2.11. The molecular formula is C11H12F3N3O4S. The Labute approximate surface area is 127 Å². The molecule has 0 aliphatic carbocycles. The van der Waals surface area contributed by atoms with E-state index in [1.807, 2.05) is 6.26 Å². The van der Waals surface area contributed by atoms with Crippen molar-refractivity contribution in [3.05, 3.63) is 37.9 Å². The molecule has 0 spiro atoms.